The predicted octanol–water partition coefficient (Wildman–Crippen LogP) is 3.86. The third-order valence-electron chi connectivity index (χ3n) is 4.77. The number of aromatic nitrogens is 2. The Balaban J connectivity index is 2.24. The highest BCUT2D eigenvalue weighted by Gasteiger charge is 2.27. The summed E-state index contributed by atoms with van der Waals surface area (Å²) in [6, 6.07) is 4.81. The van der Waals surface area contributed by atoms with Crippen LogP contribution in [0.15, 0.2) is 24.4 Å². The van der Waals surface area contributed by atoms with Crippen LogP contribution in [0.2, 0.25) is 0 Å². The van der Waals surface area contributed by atoms with E-state index in [2.05, 4.69) is 31.1 Å². The molecule has 2 unspecified atom stereocenters. The highest BCUT2D eigenvalue weighted by molar-refractivity contribution is 9.09. The number of rotatable bonds is 14. The Bertz CT molecular complexity index is 1040. The minimum absolute atomic E-state index is 0.0562. The van der Waals surface area contributed by atoms with Gasteiger partial charge in [0.1, 0.15) is 24.1 Å². The van der Waals surface area contributed by atoms with Crippen LogP contribution in [-0.4, -0.2) is 46.0 Å². The second kappa shape index (κ2) is 13.0. The molecule has 0 fully saturated rings. The first-order valence-corrected chi connectivity index (χ1v) is 13.2. The number of hydrogen-bond acceptors (Lipinski definition) is 8. The average molecular weight is 562 g/mol. The molecule has 14 heteroatoms. The number of hydrogen-bond donors (Lipinski definition) is 2. The van der Waals surface area contributed by atoms with Crippen molar-refractivity contribution in [2.75, 3.05) is 25.5 Å². The molecule has 0 bridgehead atoms. The molecular formula is C20H29BrN5O7P. The van der Waals surface area contributed by atoms with Crippen molar-refractivity contribution in [3.8, 4) is 5.75 Å². The summed E-state index contributed by atoms with van der Waals surface area (Å²) in [7, 11) is -0.590. The van der Waals surface area contributed by atoms with Crippen LogP contribution in [0.5, 0.6) is 5.75 Å². The quantitative estimate of drug-likeness (QED) is 0.114. The Morgan fingerprint density at radius 1 is 1.35 bits per heavy atom. The maximum Gasteiger partial charge on any atom is 0.434 e. The van der Waals surface area contributed by atoms with E-state index in [4.69, 9.17) is 14.0 Å². The summed E-state index contributed by atoms with van der Waals surface area (Å²) in [6.07, 6.45) is 1.48. The van der Waals surface area contributed by atoms with Crippen molar-refractivity contribution in [1.29, 1.82) is 0 Å². The Labute approximate surface area is 206 Å². The van der Waals surface area contributed by atoms with Crippen molar-refractivity contribution < 1.29 is 28.3 Å². The fraction of sp³-hybridized carbons (Fsp3) is 0.500. The summed E-state index contributed by atoms with van der Waals surface area (Å²) in [5.74, 6) is -0.733. The standard InChI is InChI=1S/C20H29BrN5O7P/c1-5-9-23-34(30,24-10-8-21)33-14(2)15-6-7-18(17(11-15)19(27)31-4)32-13-16-12-22-20(25(16)3)26(28)29/h6-7,11-12,14H,5,8-10,13H2,1-4H3,(H2,23,24,30). The molecule has 0 aliphatic carbocycles. The normalized spacial score (nSPS) is 13.8. The Hall–Kier alpha value is -2.31. The number of benzene rings is 1. The zero-order valence-electron chi connectivity index (χ0n) is 19.4. The topological polar surface area (TPSA) is 147 Å². The highest BCUT2D eigenvalue weighted by atomic mass is 79.9. The molecule has 0 saturated heterocycles. The molecule has 0 aliphatic rings. The summed E-state index contributed by atoms with van der Waals surface area (Å²) in [5.41, 5.74) is 1.17. The van der Waals surface area contributed by atoms with E-state index in [0.29, 0.717) is 29.7 Å². The Morgan fingerprint density at radius 2 is 2.06 bits per heavy atom. The van der Waals surface area contributed by atoms with E-state index in [9.17, 15) is 19.5 Å². The average Bonchev–Trinajstić information content (AvgIpc) is 3.20. The van der Waals surface area contributed by atoms with Crippen LogP contribution >= 0.6 is 23.6 Å². The van der Waals surface area contributed by atoms with Crippen molar-refractivity contribution in [2.24, 2.45) is 7.05 Å². The first-order valence-electron chi connectivity index (χ1n) is 10.5. The first-order chi connectivity index (χ1) is 16.2. The Kier molecular flexibility index (Phi) is 10.6. The summed E-state index contributed by atoms with van der Waals surface area (Å²) in [4.78, 5) is 26.6. The van der Waals surface area contributed by atoms with Crippen LogP contribution < -0.4 is 14.9 Å². The molecule has 1 aromatic heterocycles. The molecular weight excluding hydrogens is 533 g/mol. The van der Waals surface area contributed by atoms with Crippen molar-refractivity contribution in [1.82, 2.24) is 19.7 Å². The number of carbonyl (C=O) groups excluding carboxylic acids is 1. The minimum atomic E-state index is -3.34. The Morgan fingerprint density at radius 3 is 2.65 bits per heavy atom. The van der Waals surface area contributed by atoms with Crippen molar-refractivity contribution in [3.63, 3.8) is 0 Å². The van der Waals surface area contributed by atoms with Gasteiger partial charge in [-0.25, -0.2) is 19.5 Å². The van der Waals surface area contributed by atoms with E-state index in [1.54, 1.807) is 25.1 Å². The number of nitro groups is 1. The molecule has 0 saturated carbocycles. The smallest absolute Gasteiger partial charge is 0.434 e. The number of imidazole rings is 1. The number of nitrogens with one attached hydrogen (secondary N) is 2. The lowest BCUT2D eigenvalue weighted by Gasteiger charge is -2.24. The van der Waals surface area contributed by atoms with Gasteiger partial charge >= 0.3 is 19.6 Å². The summed E-state index contributed by atoms with van der Waals surface area (Å²) < 4.78 is 30.9. The van der Waals surface area contributed by atoms with E-state index in [0.717, 1.165) is 6.42 Å². The molecule has 2 N–H and O–H groups in total. The molecule has 34 heavy (non-hydrogen) atoms. The van der Waals surface area contributed by atoms with E-state index in [1.165, 1.54) is 24.9 Å². The van der Waals surface area contributed by atoms with Gasteiger partial charge in [0.25, 0.3) is 0 Å². The number of alkyl halides is 1. The number of ether oxygens (including phenoxy) is 2. The van der Waals surface area contributed by atoms with Gasteiger partial charge in [-0.05, 0) is 36.0 Å². The molecule has 2 atom stereocenters. The third-order valence-corrected chi connectivity index (χ3v) is 7.06. The molecule has 0 aliphatic heterocycles. The predicted molar refractivity (Wildman–Crippen MR) is 129 cm³/mol. The van der Waals surface area contributed by atoms with Gasteiger partial charge in [-0.3, -0.25) is 9.09 Å². The molecule has 1 heterocycles. The summed E-state index contributed by atoms with van der Waals surface area (Å²) in [5, 5.41) is 17.4. The molecule has 2 aromatic rings. The number of methoxy groups -OCH3 is 1. The van der Waals surface area contributed by atoms with Crippen molar-refractivity contribution in [2.45, 2.75) is 33.0 Å². The second-order valence-corrected chi connectivity index (χ2v) is 9.95. The molecule has 1 aromatic carbocycles. The number of halogens is 1. The van der Waals surface area contributed by atoms with Gasteiger partial charge in [0.2, 0.25) is 0 Å². The fourth-order valence-corrected chi connectivity index (χ4v) is 5.20. The SMILES string of the molecule is CCCNP(=O)(NCCBr)OC(C)c1ccc(OCc2cnc([N+](=O)[O-])n2C)c(C(=O)OC)c1. The molecule has 188 valence electrons. The minimum Gasteiger partial charge on any atom is -0.485 e. The van der Waals surface area contributed by atoms with Crippen LogP contribution in [0.3, 0.4) is 0 Å². The van der Waals surface area contributed by atoms with Gasteiger partial charge in [-0.15, -0.1) is 0 Å². The maximum absolute atomic E-state index is 13.2. The van der Waals surface area contributed by atoms with Gasteiger partial charge in [-0.1, -0.05) is 33.9 Å². The van der Waals surface area contributed by atoms with Crippen LogP contribution in [0.4, 0.5) is 5.95 Å². The summed E-state index contributed by atoms with van der Waals surface area (Å²) >= 11 is 3.30. The zero-order valence-corrected chi connectivity index (χ0v) is 21.9. The third kappa shape index (κ3) is 7.34. The van der Waals surface area contributed by atoms with Crippen LogP contribution in [-0.2, 0) is 27.5 Å². The van der Waals surface area contributed by atoms with Gasteiger partial charge in [-0.2, -0.15) is 0 Å². The van der Waals surface area contributed by atoms with E-state index in [1.807, 2.05) is 6.92 Å². The van der Waals surface area contributed by atoms with Gasteiger partial charge in [0.05, 0.1) is 20.3 Å². The highest BCUT2D eigenvalue weighted by Crippen LogP contribution is 2.43. The van der Waals surface area contributed by atoms with Crippen LogP contribution in [0.1, 0.15) is 48.0 Å². The van der Waals surface area contributed by atoms with E-state index in [-0.39, 0.29) is 23.9 Å². The van der Waals surface area contributed by atoms with Crippen molar-refractivity contribution >= 4 is 35.5 Å². The first kappa shape index (κ1) is 27.9. The van der Waals surface area contributed by atoms with E-state index >= 15 is 0 Å². The number of nitrogens with zero attached hydrogens (tertiary/aromatic N) is 3. The van der Waals surface area contributed by atoms with Crippen LogP contribution in [0.25, 0.3) is 0 Å². The second-order valence-electron chi connectivity index (χ2n) is 7.21. The largest absolute Gasteiger partial charge is 0.485 e. The lowest BCUT2D eigenvalue weighted by Crippen LogP contribution is -2.27. The zero-order chi connectivity index (χ0) is 25.3. The molecule has 0 radical (unpaired) electrons. The monoisotopic (exact) mass is 561 g/mol. The van der Waals surface area contributed by atoms with Gasteiger partial charge in [0.15, 0.2) is 5.69 Å². The lowest BCUT2D eigenvalue weighted by molar-refractivity contribution is -0.396. The maximum atomic E-state index is 13.2. The number of esters is 1. The van der Waals surface area contributed by atoms with E-state index < -0.39 is 24.7 Å². The van der Waals surface area contributed by atoms with Crippen LogP contribution in [0, 0.1) is 10.1 Å². The molecule has 0 amide bonds. The fourth-order valence-electron chi connectivity index (χ4n) is 2.95. The lowest BCUT2D eigenvalue weighted by atomic mass is 10.1. The molecule has 2 rings (SSSR count). The molecule has 0 spiro atoms. The van der Waals surface area contributed by atoms with Gasteiger partial charge < -0.3 is 19.6 Å². The summed E-state index contributed by atoms with van der Waals surface area (Å²) in [6.45, 7) is 4.57. The number of carbonyl (C=O) groups is 1. The van der Waals surface area contributed by atoms with Gasteiger partial charge in [0, 0.05) is 18.4 Å². The van der Waals surface area contributed by atoms with Crippen molar-refractivity contribution in [3.05, 3.63) is 51.3 Å². The molecule has 12 nitrogen and oxygen atoms in total.